The van der Waals surface area contributed by atoms with Crippen molar-refractivity contribution in [2.24, 2.45) is 0 Å². The van der Waals surface area contributed by atoms with Crippen LogP contribution in [0.15, 0.2) is 54.6 Å². The monoisotopic (exact) mass is 588 g/mol. The smallest absolute Gasteiger partial charge is 0.372 e. The summed E-state index contributed by atoms with van der Waals surface area (Å²) < 4.78 is 60.0. The number of benzene rings is 3. The van der Waals surface area contributed by atoms with Gasteiger partial charge in [0.25, 0.3) is 5.69 Å². The number of hydrogen-bond donors (Lipinski definition) is 0. The molecule has 12 heteroatoms. The number of halogens is 4. The number of aldehydes is 1. The van der Waals surface area contributed by atoms with E-state index in [0.717, 1.165) is 34.9 Å². The van der Waals surface area contributed by atoms with Gasteiger partial charge < -0.3 is 14.5 Å². The minimum atomic E-state index is -4.84. The summed E-state index contributed by atoms with van der Waals surface area (Å²) in [6, 6.07) is 13.6. The Balaban J connectivity index is 1.14. The fraction of sp³-hybridized carbons (Fsp3) is 0.433. The summed E-state index contributed by atoms with van der Waals surface area (Å²) in [5.41, 5.74) is -0.931. The van der Waals surface area contributed by atoms with Crippen molar-refractivity contribution in [3.05, 3.63) is 76.1 Å². The van der Waals surface area contributed by atoms with Crippen LogP contribution in [0.1, 0.15) is 31.2 Å². The van der Waals surface area contributed by atoms with Crippen molar-refractivity contribution in [2.75, 3.05) is 43.0 Å². The van der Waals surface area contributed by atoms with Crippen molar-refractivity contribution in [2.45, 2.75) is 50.2 Å². The predicted molar refractivity (Wildman–Crippen MR) is 151 cm³/mol. The molecule has 1 atom stereocenters. The van der Waals surface area contributed by atoms with Gasteiger partial charge in [-0.1, -0.05) is 12.1 Å². The SMILES string of the molecule is CN(c1ccc([N+](=O)[O-])c(C(F)(F)F)c1)C1CCC(OC(C=O)N2CCN(c3ccc4cc(F)ccc4c3)CC2)CC1. The van der Waals surface area contributed by atoms with E-state index in [1.54, 1.807) is 18.0 Å². The Labute approximate surface area is 240 Å². The number of ether oxygens (including phenoxy) is 1. The molecule has 1 saturated carbocycles. The number of alkyl halides is 3. The molecule has 1 unspecified atom stereocenters. The highest BCUT2D eigenvalue weighted by Crippen LogP contribution is 2.39. The van der Waals surface area contributed by atoms with Gasteiger partial charge in [-0.2, -0.15) is 13.2 Å². The van der Waals surface area contributed by atoms with Crippen LogP contribution >= 0.6 is 0 Å². The summed E-state index contributed by atoms with van der Waals surface area (Å²) in [5, 5.41) is 12.9. The highest BCUT2D eigenvalue weighted by Gasteiger charge is 2.39. The van der Waals surface area contributed by atoms with Crippen LogP contribution in [-0.4, -0.2) is 67.7 Å². The molecular weight excluding hydrogens is 556 g/mol. The number of carbonyl (C=O) groups is 1. The molecule has 8 nitrogen and oxygen atoms in total. The van der Waals surface area contributed by atoms with E-state index < -0.39 is 28.6 Å². The molecule has 0 spiro atoms. The van der Waals surface area contributed by atoms with Crippen molar-refractivity contribution in [1.29, 1.82) is 0 Å². The van der Waals surface area contributed by atoms with Crippen LogP contribution in [0, 0.1) is 15.9 Å². The lowest BCUT2D eigenvalue weighted by Gasteiger charge is -2.41. The van der Waals surface area contributed by atoms with E-state index in [9.17, 15) is 32.5 Å². The maximum Gasteiger partial charge on any atom is 0.423 e. The molecule has 224 valence electrons. The van der Waals surface area contributed by atoms with E-state index in [0.29, 0.717) is 51.9 Å². The molecule has 1 saturated heterocycles. The molecule has 0 N–H and O–H groups in total. The lowest BCUT2D eigenvalue weighted by Crippen LogP contribution is -2.52. The molecule has 5 rings (SSSR count). The summed E-state index contributed by atoms with van der Waals surface area (Å²) in [7, 11) is 1.69. The van der Waals surface area contributed by atoms with E-state index in [2.05, 4.69) is 4.90 Å². The lowest BCUT2D eigenvalue weighted by molar-refractivity contribution is -0.388. The molecular formula is C30H32F4N4O4. The molecule has 1 aliphatic carbocycles. The predicted octanol–water partition coefficient (Wildman–Crippen LogP) is 6.02. The number of rotatable bonds is 8. The molecule has 3 aromatic rings. The van der Waals surface area contributed by atoms with Crippen LogP contribution in [0.25, 0.3) is 10.8 Å². The van der Waals surface area contributed by atoms with Gasteiger partial charge in [0.15, 0.2) is 12.5 Å². The Morgan fingerprint density at radius 3 is 2.29 bits per heavy atom. The zero-order valence-electron chi connectivity index (χ0n) is 23.1. The molecule has 0 bridgehead atoms. The third kappa shape index (κ3) is 6.49. The molecule has 1 heterocycles. The van der Waals surface area contributed by atoms with Crippen molar-refractivity contribution in [1.82, 2.24) is 4.90 Å². The summed E-state index contributed by atoms with van der Waals surface area (Å²) >= 11 is 0. The minimum absolute atomic E-state index is 0.0657. The number of nitrogens with zero attached hydrogens (tertiary/aromatic N) is 4. The Morgan fingerprint density at radius 2 is 1.64 bits per heavy atom. The summed E-state index contributed by atoms with van der Waals surface area (Å²) in [5.74, 6) is -0.270. The van der Waals surface area contributed by atoms with Crippen LogP contribution in [0.3, 0.4) is 0 Å². The largest absolute Gasteiger partial charge is 0.423 e. The quantitative estimate of drug-likeness (QED) is 0.138. The van der Waals surface area contributed by atoms with Gasteiger partial charge in [-0.05, 0) is 72.9 Å². The van der Waals surface area contributed by atoms with Crippen LogP contribution in [0.5, 0.6) is 0 Å². The second-order valence-corrected chi connectivity index (χ2v) is 10.9. The summed E-state index contributed by atoms with van der Waals surface area (Å²) in [4.78, 5) is 28.0. The standard InChI is InChI=1S/C30H32F4N4O4/c1-35(24-8-11-28(38(40)41)27(18-24)30(32,33)34)23-6-9-26(10-7-23)42-29(19-39)37-14-12-36(13-15-37)25-5-3-20-16-22(31)4-2-21(20)17-25/h2-5,8,11,16-19,23,26,29H,6-7,9-10,12-15H2,1H3. The van der Waals surface area contributed by atoms with Crippen LogP contribution < -0.4 is 9.80 Å². The number of anilines is 2. The van der Waals surface area contributed by atoms with Gasteiger partial charge in [-0.3, -0.25) is 19.8 Å². The molecule has 0 radical (unpaired) electrons. The van der Waals surface area contributed by atoms with Crippen molar-refractivity contribution in [3.63, 3.8) is 0 Å². The number of carbonyl (C=O) groups excluding carboxylic acids is 1. The Bertz CT molecular complexity index is 1440. The molecule has 2 aliphatic rings. The number of nitro groups is 1. The highest BCUT2D eigenvalue weighted by molar-refractivity contribution is 5.86. The zero-order valence-corrected chi connectivity index (χ0v) is 23.1. The van der Waals surface area contributed by atoms with E-state index >= 15 is 0 Å². The number of fused-ring (bicyclic) bond motifs is 1. The summed E-state index contributed by atoms with van der Waals surface area (Å²) in [6.07, 6.45) is -2.31. The lowest BCUT2D eigenvalue weighted by atomic mass is 9.91. The van der Waals surface area contributed by atoms with Crippen LogP contribution in [0.4, 0.5) is 34.6 Å². The molecule has 0 amide bonds. The van der Waals surface area contributed by atoms with Crippen LogP contribution in [-0.2, 0) is 15.7 Å². The van der Waals surface area contributed by atoms with Gasteiger partial charge in [-0.25, -0.2) is 4.39 Å². The van der Waals surface area contributed by atoms with E-state index in [1.165, 1.54) is 18.2 Å². The van der Waals surface area contributed by atoms with Crippen molar-refractivity contribution < 1.29 is 32.0 Å². The van der Waals surface area contributed by atoms with Gasteiger partial charge in [-0.15, -0.1) is 0 Å². The van der Waals surface area contributed by atoms with Gasteiger partial charge >= 0.3 is 6.18 Å². The Hall–Kier alpha value is -3.77. The van der Waals surface area contributed by atoms with E-state index in [-0.39, 0.29) is 23.7 Å². The van der Waals surface area contributed by atoms with Gasteiger partial charge in [0.1, 0.15) is 11.4 Å². The third-order valence-corrected chi connectivity index (χ3v) is 8.35. The first-order chi connectivity index (χ1) is 20.0. The van der Waals surface area contributed by atoms with Gasteiger partial charge in [0.05, 0.1) is 11.0 Å². The average Bonchev–Trinajstić information content (AvgIpc) is 2.99. The minimum Gasteiger partial charge on any atom is -0.372 e. The van der Waals surface area contributed by atoms with Crippen molar-refractivity contribution >= 4 is 34.1 Å². The zero-order chi connectivity index (χ0) is 30.0. The summed E-state index contributed by atoms with van der Waals surface area (Å²) in [6.45, 7) is 2.66. The Kier molecular flexibility index (Phi) is 8.65. The maximum absolute atomic E-state index is 13.5. The second-order valence-electron chi connectivity index (χ2n) is 10.9. The topological polar surface area (TPSA) is 79.2 Å². The molecule has 2 fully saturated rings. The number of hydrogen-bond acceptors (Lipinski definition) is 7. The fourth-order valence-corrected chi connectivity index (χ4v) is 5.95. The first-order valence-electron chi connectivity index (χ1n) is 13.9. The molecule has 0 aromatic heterocycles. The normalized spacial score (nSPS) is 20.8. The van der Waals surface area contributed by atoms with Crippen molar-refractivity contribution in [3.8, 4) is 0 Å². The van der Waals surface area contributed by atoms with E-state index in [1.807, 2.05) is 23.1 Å². The molecule has 3 aromatic carbocycles. The maximum atomic E-state index is 13.5. The molecule has 42 heavy (non-hydrogen) atoms. The van der Waals surface area contributed by atoms with Crippen LogP contribution in [0.2, 0.25) is 0 Å². The first kappa shape index (κ1) is 29.7. The Morgan fingerprint density at radius 1 is 0.976 bits per heavy atom. The first-order valence-corrected chi connectivity index (χ1v) is 13.9. The van der Waals surface area contributed by atoms with Gasteiger partial charge in [0.2, 0.25) is 0 Å². The highest BCUT2D eigenvalue weighted by atomic mass is 19.4. The number of nitro benzene ring substituents is 1. The second kappa shape index (κ2) is 12.2. The molecule has 1 aliphatic heterocycles. The average molecular weight is 589 g/mol. The number of piperazine rings is 1. The van der Waals surface area contributed by atoms with E-state index in [4.69, 9.17) is 4.74 Å². The van der Waals surface area contributed by atoms with Gasteiger partial charge in [0, 0.05) is 56.7 Å². The third-order valence-electron chi connectivity index (χ3n) is 8.35. The fourth-order valence-electron chi connectivity index (χ4n) is 5.95.